The molecule has 0 aliphatic rings. The van der Waals surface area contributed by atoms with Gasteiger partial charge < -0.3 is 14.2 Å². The van der Waals surface area contributed by atoms with Crippen LogP contribution in [0, 0.1) is 5.82 Å². The number of methoxy groups -OCH3 is 2. The SMILES string of the molecule is COc1ccc(/C=C/C(=O)NNC(=O)[C@H](C)Oc2ccc(F)cc2)c(OC)c1. The number of ether oxygens (including phenoxy) is 3. The average molecular weight is 388 g/mol. The Morgan fingerprint density at radius 2 is 1.68 bits per heavy atom. The fourth-order valence-corrected chi connectivity index (χ4v) is 2.16. The molecule has 0 radical (unpaired) electrons. The van der Waals surface area contributed by atoms with Gasteiger partial charge >= 0.3 is 0 Å². The van der Waals surface area contributed by atoms with Gasteiger partial charge in [0, 0.05) is 17.7 Å². The first-order chi connectivity index (χ1) is 13.4. The number of nitrogens with one attached hydrogen (secondary N) is 2. The molecule has 0 saturated carbocycles. The molecule has 0 bridgehead atoms. The molecule has 28 heavy (non-hydrogen) atoms. The third-order valence-corrected chi connectivity index (χ3v) is 3.66. The van der Waals surface area contributed by atoms with Gasteiger partial charge in [-0.15, -0.1) is 0 Å². The normalized spacial score (nSPS) is 11.6. The molecule has 0 aliphatic heterocycles. The van der Waals surface area contributed by atoms with Crippen LogP contribution in [0.2, 0.25) is 0 Å². The molecule has 0 aromatic heterocycles. The molecule has 2 amide bonds. The Morgan fingerprint density at radius 1 is 1.00 bits per heavy atom. The number of rotatable bonds is 7. The van der Waals surface area contributed by atoms with E-state index in [1.54, 1.807) is 25.3 Å². The molecule has 2 N–H and O–H groups in total. The summed E-state index contributed by atoms with van der Waals surface area (Å²) in [4.78, 5) is 23.9. The van der Waals surface area contributed by atoms with E-state index in [1.165, 1.54) is 50.5 Å². The van der Waals surface area contributed by atoms with Gasteiger partial charge in [-0.05, 0) is 49.4 Å². The Hall–Kier alpha value is -3.55. The van der Waals surface area contributed by atoms with Crippen LogP contribution >= 0.6 is 0 Å². The Kier molecular flexibility index (Phi) is 7.38. The van der Waals surface area contributed by atoms with Crippen molar-refractivity contribution in [3.63, 3.8) is 0 Å². The minimum atomic E-state index is -0.892. The maximum Gasteiger partial charge on any atom is 0.279 e. The van der Waals surface area contributed by atoms with E-state index < -0.39 is 23.7 Å². The second-order valence-corrected chi connectivity index (χ2v) is 5.63. The van der Waals surface area contributed by atoms with Gasteiger partial charge in [0.15, 0.2) is 6.10 Å². The molecule has 8 heteroatoms. The summed E-state index contributed by atoms with van der Waals surface area (Å²) in [5.74, 6) is -0.0122. The summed E-state index contributed by atoms with van der Waals surface area (Å²) >= 11 is 0. The maximum absolute atomic E-state index is 12.9. The summed E-state index contributed by atoms with van der Waals surface area (Å²) in [5, 5.41) is 0. The lowest BCUT2D eigenvalue weighted by Crippen LogP contribution is -2.46. The van der Waals surface area contributed by atoms with E-state index in [-0.39, 0.29) is 0 Å². The summed E-state index contributed by atoms with van der Waals surface area (Å²) < 4.78 is 28.6. The predicted molar refractivity (Wildman–Crippen MR) is 101 cm³/mol. The maximum atomic E-state index is 12.9. The van der Waals surface area contributed by atoms with Crippen LogP contribution in [0.25, 0.3) is 6.08 Å². The lowest BCUT2D eigenvalue weighted by molar-refractivity contribution is -0.131. The zero-order valence-corrected chi connectivity index (χ0v) is 15.7. The van der Waals surface area contributed by atoms with Crippen LogP contribution in [0.3, 0.4) is 0 Å². The van der Waals surface area contributed by atoms with Crippen molar-refractivity contribution in [2.45, 2.75) is 13.0 Å². The highest BCUT2D eigenvalue weighted by Gasteiger charge is 2.15. The van der Waals surface area contributed by atoms with Crippen molar-refractivity contribution in [2.75, 3.05) is 14.2 Å². The first-order valence-corrected chi connectivity index (χ1v) is 8.35. The molecular formula is C20H21FN2O5. The average Bonchev–Trinajstić information content (AvgIpc) is 2.71. The molecule has 0 saturated heterocycles. The van der Waals surface area contributed by atoms with Gasteiger partial charge in [0.25, 0.3) is 11.8 Å². The van der Waals surface area contributed by atoms with Crippen LogP contribution in [-0.2, 0) is 9.59 Å². The second-order valence-electron chi connectivity index (χ2n) is 5.63. The highest BCUT2D eigenvalue weighted by atomic mass is 19.1. The van der Waals surface area contributed by atoms with E-state index >= 15 is 0 Å². The molecule has 2 rings (SSSR count). The van der Waals surface area contributed by atoms with Crippen molar-refractivity contribution in [2.24, 2.45) is 0 Å². The molecule has 0 heterocycles. The molecule has 1 atom stereocenters. The molecule has 7 nitrogen and oxygen atoms in total. The Bertz CT molecular complexity index is 852. The van der Waals surface area contributed by atoms with Crippen LogP contribution in [0.1, 0.15) is 12.5 Å². The summed E-state index contributed by atoms with van der Waals surface area (Å²) in [5.41, 5.74) is 5.18. The van der Waals surface area contributed by atoms with Crippen LogP contribution in [0.4, 0.5) is 4.39 Å². The lowest BCUT2D eigenvalue weighted by atomic mass is 10.1. The number of halogens is 1. The van der Waals surface area contributed by atoms with Gasteiger partial charge in [-0.1, -0.05) is 0 Å². The standard InChI is InChI=1S/C20H21FN2O5/c1-13(28-16-9-6-15(21)7-10-16)20(25)23-22-19(24)11-5-14-4-8-17(26-2)12-18(14)27-3/h4-13H,1-3H3,(H,22,24)(H,23,25)/b11-5+/t13-/m0/s1. The van der Waals surface area contributed by atoms with Gasteiger partial charge in [0.2, 0.25) is 0 Å². The molecule has 2 aromatic carbocycles. The summed E-state index contributed by atoms with van der Waals surface area (Å²) in [7, 11) is 3.05. The molecule has 0 aliphatic carbocycles. The Morgan fingerprint density at radius 3 is 2.32 bits per heavy atom. The van der Waals surface area contributed by atoms with Gasteiger partial charge in [-0.3, -0.25) is 20.4 Å². The topological polar surface area (TPSA) is 85.9 Å². The minimum Gasteiger partial charge on any atom is -0.497 e. The van der Waals surface area contributed by atoms with Crippen LogP contribution in [0.15, 0.2) is 48.5 Å². The van der Waals surface area contributed by atoms with Gasteiger partial charge in [-0.25, -0.2) is 4.39 Å². The molecule has 0 fully saturated rings. The van der Waals surface area contributed by atoms with Crippen LogP contribution in [-0.4, -0.2) is 32.1 Å². The van der Waals surface area contributed by atoms with E-state index in [1.807, 2.05) is 0 Å². The first-order valence-electron chi connectivity index (χ1n) is 8.35. The van der Waals surface area contributed by atoms with E-state index in [0.717, 1.165) is 0 Å². The third-order valence-electron chi connectivity index (χ3n) is 3.66. The number of hydrazine groups is 1. The van der Waals surface area contributed by atoms with Crippen molar-refractivity contribution >= 4 is 17.9 Å². The zero-order chi connectivity index (χ0) is 20.5. The molecule has 0 unspecified atom stereocenters. The fourth-order valence-electron chi connectivity index (χ4n) is 2.16. The third kappa shape index (κ3) is 6.01. The number of carbonyl (C=O) groups excluding carboxylic acids is 2. The summed E-state index contributed by atoms with van der Waals surface area (Å²) in [6, 6.07) is 10.4. The van der Waals surface area contributed by atoms with Crippen molar-refractivity contribution in [1.82, 2.24) is 10.9 Å². The lowest BCUT2D eigenvalue weighted by Gasteiger charge is -2.14. The Balaban J connectivity index is 1.86. The zero-order valence-electron chi connectivity index (χ0n) is 15.7. The molecule has 0 spiro atoms. The summed E-state index contributed by atoms with van der Waals surface area (Å²) in [6.45, 7) is 1.50. The highest BCUT2D eigenvalue weighted by molar-refractivity contribution is 5.93. The van der Waals surface area contributed by atoms with Crippen molar-refractivity contribution in [3.05, 3.63) is 59.9 Å². The van der Waals surface area contributed by atoms with Gasteiger partial charge in [-0.2, -0.15) is 0 Å². The minimum absolute atomic E-state index is 0.335. The van der Waals surface area contributed by atoms with Crippen LogP contribution < -0.4 is 25.1 Å². The fraction of sp³-hybridized carbons (Fsp3) is 0.200. The monoisotopic (exact) mass is 388 g/mol. The Labute approximate surface area is 162 Å². The largest absolute Gasteiger partial charge is 0.497 e. The number of carbonyl (C=O) groups is 2. The quantitative estimate of drug-likeness (QED) is 0.562. The molecule has 2 aromatic rings. The van der Waals surface area contributed by atoms with Gasteiger partial charge in [0.1, 0.15) is 23.1 Å². The van der Waals surface area contributed by atoms with Gasteiger partial charge in [0.05, 0.1) is 14.2 Å². The number of benzene rings is 2. The van der Waals surface area contributed by atoms with Crippen molar-refractivity contribution < 1.29 is 28.2 Å². The van der Waals surface area contributed by atoms with E-state index in [2.05, 4.69) is 10.9 Å². The van der Waals surface area contributed by atoms with Crippen molar-refractivity contribution in [3.8, 4) is 17.2 Å². The predicted octanol–water partition coefficient (Wildman–Crippen LogP) is 2.47. The number of hydrogen-bond donors (Lipinski definition) is 2. The van der Waals surface area contributed by atoms with E-state index in [0.29, 0.717) is 22.8 Å². The number of amides is 2. The highest BCUT2D eigenvalue weighted by Crippen LogP contribution is 2.25. The molecule has 148 valence electrons. The molecular weight excluding hydrogens is 367 g/mol. The van der Waals surface area contributed by atoms with E-state index in [4.69, 9.17) is 14.2 Å². The second kappa shape index (κ2) is 9.96. The first kappa shape index (κ1) is 20.8. The number of hydrogen-bond acceptors (Lipinski definition) is 5. The van der Waals surface area contributed by atoms with E-state index in [9.17, 15) is 14.0 Å². The van der Waals surface area contributed by atoms with Crippen molar-refractivity contribution in [1.29, 1.82) is 0 Å². The summed E-state index contributed by atoms with van der Waals surface area (Å²) in [6.07, 6.45) is 1.89. The van der Waals surface area contributed by atoms with Crippen LogP contribution in [0.5, 0.6) is 17.2 Å². The smallest absolute Gasteiger partial charge is 0.279 e.